The Kier molecular flexibility index (Phi) is 2.08. The minimum atomic E-state index is 0.285. The monoisotopic (exact) mass is 151 g/mol. The second kappa shape index (κ2) is 2.72. The summed E-state index contributed by atoms with van der Waals surface area (Å²) < 4.78 is 0. The Balaban J connectivity index is 2.80. The Labute approximate surface area is 69.2 Å². The van der Waals surface area contributed by atoms with E-state index in [1.165, 1.54) is 5.57 Å². The molecular weight excluding hydrogens is 134 g/mol. The molecule has 0 radical (unpaired) electrons. The number of hydrogen-bond donors (Lipinski definition) is 1. The standard InChI is InChI=1S/C10H17N/c1-8-7-9(5-6-11-8)10(2,3)4/h5-8,11H,1-4H3. The fourth-order valence-corrected chi connectivity index (χ4v) is 1.16. The summed E-state index contributed by atoms with van der Waals surface area (Å²) in [6.07, 6.45) is 6.46. The summed E-state index contributed by atoms with van der Waals surface area (Å²) in [7, 11) is 0. The molecule has 1 aliphatic rings. The first-order valence-corrected chi connectivity index (χ1v) is 4.15. The van der Waals surface area contributed by atoms with Crippen LogP contribution in [0.4, 0.5) is 0 Å². The molecule has 1 heteroatoms. The lowest BCUT2D eigenvalue weighted by Crippen LogP contribution is -2.24. The van der Waals surface area contributed by atoms with Gasteiger partial charge in [0.2, 0.25) is 0 Å². The lowest BCUT2D eigenvalue weighted by molar-refractivity contribution is 0.506. The Morgan fingerprint density at radius 3 is 2.36 bits per heavy atom. The number of hydrogen-bond acceptors (Lipinski definition) is 1. The van der Waals surface area contributed by atoms with E-state index in [1.807, 2.05) is 6.20 Å². The van der Waals surface area contributed by atoms with E-state index in [0.29, 0.717) is 6.04 Å². The Bertz CT molecular complexity index is 193. The van der Waals surface area contributed by atoms with Gasteiger partial charge in [0.25, 0.3) is 0 Å². The van der Waals surface area contributed by atoms with Gasteiger partial charge in [-0.3, -0.25) is 0 Å². The third-order valence-corrected chi connectivity index (χ3v) is 1.92. The molecule has 0 fully saturated rings. The lowest BCUT2D eigenvalue weighted by Gasteiger charge is -2.25. The molecule has 1 rings (SSSR count). The maximum Gasteiger partial charge on any atom is 0.0416 e. The van der Waals surface area contributed by atoms with Crippen molar-refractivity contribution < 1.29 is 0 Å². The molecule has 1 N–H and O–H groups in total. The van der Waals surface area contributed by atoms with Crippen LogP contribution < -0.4 is 5.32 Å². The molecule has 1 atom stereocenters. The SMILES string of the molecule is CC1C=C(C(C)(C)C)C=CN1. The highest BCUT2D eigenvalue weighted by Gasteiger charge is 2.16. The third kappa shape index (κ3) is 2.11. The highest BCUT2D eigenvalue weighted by atomic mass is 14.9. The molecule has 1 unspecified atom stereocenters. The predicted octanol–water partition coefficient (Wildman–Crippen LogP) is 2.46. The van der Waals surface area contributed by atoms with Gasteiger partial charge in [0.05, 0.1) is 0 Å². The zero-order valence-corrected chi connectivity index (χ0v) is 7.81. The zero-order valence-electron chi connectivity index (χ0n) is 7.81. The van der Waals surface area contributed by atoms with Crippen molar-refractivity contribution in [3.63, 3.8) is 0 Å². The number of allylic oxidation sites excluding steroid dienone is 2. The summed E-state index contributed by atoms with van der Waals surface area (Å²) in [6.45, 7) is 8.87. The van der Waals surface area contributed by atoms with E-state index in [9.17, 15) is 0 Å². The third-order valence-electron chi connectivity index (χ3n) is 1.92. The highest BCUT2D eigenvalue weighted by Crippen LogP contribution is 2.27. The summed E-state index contributed by atoms with van der Waals surface area (Å²) in [4.78, 5) is 0. The van der Waals surface area contributed by atoms with E-state index in [1.54, 1.807) is 0 Å². The molecule has 0 aliphatic carbocycles. The van der Waals surface area contributed by atoms with Crippen molar-refractivity contribution in [2.75, 3.05) is 0 Å². The van der Waals surface area contributed by atoms with Gasteiger partial charge in [-0.25, -0.2) is 0 Å². The van der Waals surface area contributed by atoms with Crippen LogP contribution in [0.3, 0.4) is 0 Å². The highest BCUT2D eigenvalue weighted by molar-refractivity contribution is 5.29. The van der Waals surface area contributed by atoms with Crippen LogP contribution in [0.25, 0.3) is 0 Å². The molecule has 11 heavy (non-hydrogen) atoms. The van der Waals surface area contributed by atoms with Gasteiger partial charge in [0.15, 0.2) is 0 Å². The number of nitrogens with one attached hydrogen (secondary N) is 1. The quantitative estimate of drug-likeness (QED) is 0.561. The molecule has 0 aromatic carbocycles. The lowest BCUT2D eigenvalue weighted by atomic mass is 9.84. The molecule has 62 valence electrons. The molecule has 1 heterocycles. The van der Waals surface area contributed by atoms with Crippen molar-refractivity contribution in [2.45, 2.75) is 33.7 Å². The maximum atomic E-state index is 3.23. The Morgan fingerprint density at radius 2 is 2.00 bits per heavy atom. The molecule has 0 aromatic rings. The molecule has 0 saturated heterocycles. The number of rotatable bonds is 0. The van der Waals surface area contributed by atoms with Gasteiger partial charge in [0, 0.05) is 6.04 Å². The minimum Gasteiger partial charge on any atom is -0.385 e. The first kappa shape index (κ1) is 8.38. The molecule has 0 spiro atoms. The van der Waals surface area contributed by atoms with Crippen LogP contribution in [-0.2, 0) is 0 Å². The Morgan fingerprint density at radius 1 is 1.36 bits per heavy atom. The van der Waals surface area contributed by atoms with Crippen LogP contribution in [-0.4, -0.2) is 6.04 Å². The summed E-state index contributed by atoms with van der Waals surface area (Å²) in [6, 6.07) is 0.481. The number of dihydropyridines is 1. The van der Waals surface area contributed by atoms with Gasteiger partial charge in [-0.05, 0) is 30.2 Å². The van der Waals surface area contributed by atoms with E-state index >= 15 is 0 Å². The van der Waals surface area contributed by atoms with Gasteiger partial charge in [-0.15, -0.1) is 0 Å². The average molecular weight is 151 g/mol. The van der Waals surface area contributed by atoms with Gasteiger partial charge < -0.3 is 5.32 Å². The largest absolute Gasteiger partial charge is 0.385 e. The summed E-state index contributed by atoms with van der Waals surface area (Å²) >= 11 is 0. The van der Waals surface area contributed by atoms with Crippen molar-refractivity contribution in [1.29, 1.82) is 0 Å². The molecule has 1 aliphatic heterocycles. The van der Waals surface area contributed by atoms with E-state index < -0.39 is 0 Å². The van der Waals surface area contributed by atoms with Gasteiger partial charge in [0.1, 0.15) is 0 Å². The summed E-state index contributed by atoms with van der Waals surface area (Å²) in [5, 5.41) is 3.23. The topological polar surface area (TPSA) is 12.0 Å². The second-order valence-corrected chi connectivity index (χ2v) is 4.16. The van der Waals surface area contributed by atoms with E-state index in [-0.39, 0.29) is 5.41 Å². The first-order chi connectivity index (χ1) is 5.00. The van der Waals surface area contributed by atoms with Crippen molar-refractivity contribution in [1.82, 2.24) is 5.32 Å². The average Bonchev–Trinajstić information content (AvgIpc) is 1.86. The van der Waals surface area contributed by atoms with Crippen LogP contribution in [0, 0.1) is 5.41 Å². The normalized spacial score (nSPS) is 24.4. The zero-order chi connectivity index (χ0) is 8.48. The van der Waals surface area contributed by atoms with Crippen LogP contribution in [0.1, 0.15) is 27.7 Å². The summed E-state index contributed by atoms with van der Waals surface area (Å²) in [5.74, 6) is 0. The molecule has 0 saturated carbocycles. The Hall–Kier alpha value is -0.720. The van der Waals surface area contributed by atoms with Crippen molar-refractivity contribution in [3.05, 3.63) is 23.9 Å². The van der Waals surface area contributed by atoms with Gasteiger partial charge in [-0.2, -0.15) is 0 Å². The van der Waals surface area contributed by atoms with E-state index in [0.717, 1.165) is 0 Å². The van der Waals surface area contributed by atoms with Crippen LogP contribution >= 0.6 is 0 Å². The predicted molar refractivity (Wildman–Crippen MR) is 49.3 cm³/mol. The van der Waals surface area contributed by atoms with Gasteiger partial charge >= 0.3 is 0 Å². The first-order valence-electron chi connectivity index (χ1n) is 4.15. The summed E-state index contributed by atoms with van der Waals surface area (Å²) in [5.41, 5.74) is 1.70. The van der Waals surface area contributed by atoms with Gasteiger partial charge in [-0.1, -0.05) is 26.8 Å². The smallest absolute Gasteiger partial charge is 0.0416 e. The fraction of sp³-hybridized carbons (Fsp3) is 0.600. The molecule has 0 bridgehead atoms. The van der Waals surface area contributed by atoms with Crippen LogP contribution in [0.2, 0.25) is 0 Å². The molecule has 0 amide bonds. The molecule has 1 nitrogen and oxygen atoms in total. The second-order valence-electron chi connectivity index (χ2n) is 4.16. The van der Waals surface area contributed by atoms with Crippen molar-refractivity contribution in [2.24, 2.45) is 5.41 Å². The van der Waals surface area contributed by atoms with Crippen LogP contribution in [0.15, 0.2) is 23.9 Å². The van der Waals surface area contributed by atoms with Crippen molar-refractivity contribution >= 4 is 0 Å². The molecule has 0 aromatic heterocycles. The van der Waals surface area contributed by atoms with E-state index in [2.05, 4.69) is 45.2 Å². The fourth-order valence-electron chi connectivity index (χ4n) is 1.16. The molecular formula is C10H17N. The van der Waals surface area contributed by atoms with Crippen molar-refractivity contribution in [3.8, 4) is 0 Å². The maximum absolute atomic E-state index is 3.23. The van der Waals surface area contributed by atoms with E-state index in [4.69, 9.17) is 0 Å². The minimum absolute atomic E-state index is 0.285. The van der Waals surface area contributed by atoms with Crippen LogP contribution in [0.5, 0.6) is 0 Å².